The molecule has 0 aromatic carbocycles. The number of carbonyl (C=O) groups is 2. The number of unbranched alkanes of at least 4 members (excludes halogenated alkanes) is 2. The zero-order chi connectivity index (χ0) is 19.8. The minimum Gasteiger partial charge on any atom is -0.469 e. The number of nitrogens with one attached hydrogen (secondary N) is 1. The monoisotopic (exact) mass is 369 g/mol. The highest BCUT2D eigenvalue weighted by atomic mass is 16.7. The van der Waals surface area contributed by atoms with Crippen molar-refractivity contribution >= 4 is 19.0 Å². The number of amides is 1. The molecule has 1 fully saturated rings. The Morgan fingerprint density at radius 1 is 1.08 bits per heavy atom. The lowest BCUT2D eigenvalue weighted by Gasteiger charge is -2.32. The van der Waals surface area contributed by atoms with Crippen molar-refractivity contribution in [3.8, 4) is 0 Å². The Morgan fingerprint density at radius 3 is 2.23 bits per heavy atom. The van der Waals surface area contributed by atoms with E-state index in [-0.39, 0.29) is 42.7 Å². The summed E-state index contributed by atoms with van der Waals surface area (Å²) in [7, 11) is 1.12. The maximum Gasteiger partial charge on any atom is 0.457 e. The summed E-state index contributed by atoms with van der Waals surface area (Å²) in [6, 6.07) is -0.209. The normalized spacial score (nSPS) is 19.2. The first kappa shape index (κ1) is 23.0. The van der Waals surface area contributed by atoms with Crippen molar-refractivity contribution in [3.63, 3.8) is 0 Å². The molecule has 1 unspecified atom stereocenters. The smallest absolute Gasteiger partial charge is 0.457 e. The van der Waals surface area contributed by atoms with Crippen LogP contribution in [0.15, 0.2) is 0 Å². The Balaban J connectivity index is 2.45. The largest absolute Gasteiger partial charge is 0.469 e. The molecule has 0 aromatic heterocycles. The molecule has 1 aliphatic heterocycles. The second-order valence-electron chi connectivity index (χ2n) is 8.12. The van der Waals surface area contributed by atoms with Crippen molar-refractivity contribution in [3.05, 3.63) is 0 Å². The molecule has 7 heteroatoms. The van der Waals surface area contributed by atoms with Gasteiger partial charge in [-0.15, -0.1) is 0 Å². The highest BCUT2D eigenvalue weighted by Gasteiger charge is 2.50. The maximum atomic E-state index is 12.1. The van der Waals surface area contributed by atoms with E-state index in [9.17, 15) is 9.59 Å². The lowest BCUT2D eigenvalue weighted by Crippen LogP contribution is -2.41. The third-order valence-electron chi connectivity index (χ3n) is 5.31. The molecule has 26 heavy (non-hydrogen) atoms. The van der Waals surface area contributed by atoms with Crippen molar-refractivity contribution in [2.24, 2.45) is 0 Å². The van der Waals surface area contributed by atoms with Crippen LogP contribution in [0.2, 0.25) is 6.32 Å². The first-order chi connectivity index (χ1) is 12.1. The Hall–Kier alpha value is -1.08. The number of carbonyl (C=O) groups excluding carboxylic acids is 2. The van der Waals surface area contributed by atoms with Crippen molar-refractivity contribution in [2.75, 3.05) is 7.11 Å². The van der Waals surface area contributed by atoms with Crippen LogP contribution >= 0.6 is 0 Å². The van der Waals surface area contributed by atoms with Gasteiger partial charge >= 0.3 is 13.1 Å². The van der Waals surface area contributed by atoms with Crippen molar-refractivity contribution in [2.45, 2.75) is 103 Å². The van der Waals surface area contributed by atoms with E-state index in [0.717, 1.165) is 32.0 Å². The molecule has 6 nitrogen and oxygen atoms in total. The number of hydrogen-bond acceptors (Lipinski definition) is 5. The molecule has 0 radical (unpaired) electrons. The SMILES string of the molecule is CCCCCC(=O)NC(CCCB1OC(C)(C)C(C)(C)O1)CC(=O)OC. The minimum atomic E-state index is -0.337. The topological polar surface area (TPSA) is 73.9 Å². The molecule has 1 heterocycles. The summed E-state index contributed by atoms with van der Waals surface area (Å²) in [5.74, 6) is -0.303. The number of rotatable bonds is 11. The zero-order valence-electron chi connectivity index (χ0n) is 17.4. The van der Waals surface area contributed by atoms with Gasteiger partial charge in [0, 0.05) is 12.5 Å². The van der Waals surface area contributed by atoms with Gasteiger partial charge in [0.25, 0.3) is 0 Å². The first-order valence-corrected chi connectivity index (χ1v) is 9.83. The highest BCUT2D eigenvalue weighted by molar-refractivity contribution is 6.45. The van der Waals surface area contributed by atoms with Gasteiger partial charge in [-0.3, -0.25) is 9.59 Å². The lowest BCUT2D eigenvalue weighted by atomic mass is 9.81. The van der Waals surface area contributed by atoms with Crippen LogP contribution in [0.1, 0.15) is 79.6 Å². The van der Waals surface area contributed by atoms with E-state index < -0.39 is 0 Å². The molecule has 1 rings (SSSR count). The molecule has 1 aliphatic rings. The highest BCUT2D eigenvalue weighted by Crippen LogP contribution is 2.38. The van der Waals surface area contributed by atoms with E-state index in [1.807, 2.05) is 27.7 Å². The maximum absolute atomic E-state index is 12.1. The lowest BCUT2D eigenvalue weighted by molar-refractivity contribution is -0.141. The fourth-order valence-electron chi connectivity index (χ4n) is 2.96. The van der Waals surface area contributed by atoms with E-state index >= 15 is 0 Å². The van der Waals surface area contributed by atoms with E-state index in [1.54, 1.807) is 0 Å². The molecule has 1 saturated heterocycles. The van der Waals surface area contributed by atoms with Crippen LogP contribution in [0, 0.1) is 0 Å². The van der Waals surface area contributed by atoms with E-state index in [4.69, 9.17) is 14.0 Å². The summed E-state index contributed by atoms with van der Waals surface area (Å²) < 4.78 is 16.7. The van der Waals surface area contributed by atoms with Gasteiger partial charge in [-0.1, -0.05) is 26.2 Å². The Bertz CT molecular complexity index is 451. The third-order valence-corrected chi connectivity index (χ3v) is 5.31. The summed E-state index contributed by atoms with van der Waals surface area (Å²) in [5, 5.41) is 2.98. The predicted octanol–water partition coefficient (Wildman–Crippen LogP) is 3.49. The van der Waals surface area contributed by atoms with Gasteiger partial charge in [0.2, 0.25) is 5.91 Å². The van der Waals surface area contributed by atoms with Crippen molar-refractivity contribution in [1.29, 1.82) is 0 Å². The molecule has 0 aromatic rings. The quantitative estimate of drug-likeness (QED) is 0.343. The second-order valence-corrected chi connectivity index (χ2v) is 8.12. The van der Waals surface area contributed by atoms with Gasteiger partial charge in [0.15, 0.2) is 0 Å². The van der Waals surface area contributed by atoms with Gasteiger partial charge in [0.1, 0.15) is 0 Å². The number of hydrogen-bond donors (Lipinski definition) is 1. The summed E-state index contributed by atoms with van der Waals surface area (Å²) in [6.45, 7) is 10.2. The number of esters is 1. The third kappa shape index (κ3) is 7.27. The van der Waals surface area contributed by atoms with E-state index in [2.05, 4.69) is 12.2 Å². The molecular weight excluding hydrogens is 333 g/mol. The summed E-state index contributed by atoms with van der Waals surface area (Å²) in [6.07, 6.45) is 5.91. The van der Waals surface area contributed by atoms with E-state index in [0.29, 0.717) is 12.8 Å². The van der Waals surface area contributed by atoms with Crippen LogP contribution in [-0.2, 0) is 23.6 Å². The minimum absolute atomic E-state index is 0.00276. The van der Waals surface area contributed by atoms with Gasteiger partial charge in [-0.2, -0.15) is 0 Å². The molecule has 0 saturated carbocycles. The fraction of sp³-hybridized carbons (Fsp3) is 0.895. The second kappa shape index (κ2) is 10.3. The molecule has 150 valence electrons. The number of methoxy groups -OCH3 is 1. The standard InChI is InChI=1S/C19H36BNO5/c1-7-8-9-12-16(22)21-15(14-17(23)24-6)11-10-13-20-25-18(2,3)19(4,5)26-20/h15H,7-14H2,1-6H3,(H,21,22). The summed E-state index contributed by atoms with van der Waals surface area (Å²) >= 11 is 0. The van der Waals surface area contributed by atoms with E-state index in [1.165, 1.54) is 7.11 Å². The van der Waals surface area contributed by atoms with Crippen LogP contribution < -0.4 is 5.32 Å². The van der Waals surface area contributed by atoms with Gasteiger partial charge < -0.3 is 19.4 Å². The van der Waals surface area contributed by atoms with Crippen LogP contribution in [0.4, 0.5) is 0 Å². The van der Waals surface area contributed by atoms with Crippen molar-refractivity contribution in [1.82, 2.24) is 5.32 Å². The average Bonchev–Trinajstić information content (AvgIpc) is 2.74. The van der Waals surface area contributed by atoms with Crippen LogP contribution in [-0.4, -0.2) is 43.3 Å². The Labute approximate surface area is 158 Å². The average molecular weight is 369 g/mol. The van der Waals surface area contributed by atoms with Crippen molar-refractivity contribution < 1.29 is 23.6 Å². The first-order valence-electron chi connectivity index (χ1n) is 9.83. The van der Waals surface area contributed by atoms with Gasteiger partial charge in [-0.25, -0.2) is 0 Å². The Kier molecular flexibility index (Phi) is 9.11. The molecule has 0 bridgehead atoms. The van der Waals surface area contributed by atoms with Crippen LogP contribution in [0.25, 0.3) is 0 Å². The molecule has 0 spiro atoms. The van der Waals surface area contributed by atoms with Gasteiger partial charge in [0.05, 0.1) is 24.7 Å². The summed E-state index contributed by atoms with van der Waals surface area (Å²) in [5.41, 5.74) is -0.673. The molecule has 1 amide bonds. The number of ether oxygens (including phenoxy) is 1. The van der Waals surface area contributed by atoms with Crippen LogP contribution in [0.3, 0.4) is 0 Å². The van der Waals surface area contributed by atoms with Gasteiger partial charge in [-0.05, 0) is 46.9 Å². The molecule has 1 N–H and O–H groups in total. The Morgan fingerprint density at radius 2 is 1.69 bits per heavy atom. The van der Waals surface area contributed by atoms with Crippen LogP contribution in [0.5, 0.6) is 0 Å². The predicted molar refractivity (Wildman–Crippen MR) is 103 cm³/mol. The summed E-state index contributed by atoms with van der Waals surface area (Å²) in [4.78, 5) is 23.7. The molecule has 1 atom stereocenters. The molecular formula is C19H36BNO5. The molecule has 0 aliphatic carbocycles. The fourth-order valence-corrected chi connectivity index (χ4v) is 2.96. The zero-order valence-corrected chi connectivity index (χ0v) is 17.4.